The van der Waals surface area contributed by atoms with Crippen LogP contribution in [-0.2, 0) is 9.53 Å². The molecule has 1 unspecified atom stereocenters. The van der Waals surface area contributed by atoms with Gasteiger partial charge in [-0.1, -0.05) is 12.8 Å². The van der Waals surface area contributed by atoms with E-state index >= 15 is 0 Å². The second-order valence-electron chi connectivity index (χ2n) is 4.45. The average Bonchev–Trinajstić information content (AvgIpc) is 2.75. The number of hydrogen-bond acceptors (Lipinski definition) is 3. The molecule has 1 atom stereocenters. The SMILES string of the molecule is COC(C)CNC(=O)C1(CN)CCCC1.Cl. The predicted octanol–water partition coefficient (Wildman–Crippen LogP) is 1.08. The molecule has 0 aromatic rings. The molecule has 1 rings (SSSR count). The highest BCUT2D eigenvalue weighted by atomic mass is 35.5. The Morgan fingerprint density at radius 3 is 2.50 bits per heavy atom. The Morgan fingerprint density at radius 2 is 2.06 bits per heavy atom. The normalized spacial score (nSPS) is 19.9. The second-order valence-corrected chi connectivity index (χ2v) is 4.45. The van der Waals surface area contributed by atoms with Crippen LogP contribution in [0.1, 0.15) is 32.6 Å². The highest BCUT2D eigenvalue weighted by molar-refractivity contribution is 5.85. The molecule has 0 heterocycles. The molecular weight excluding hydrogens is 228 g/mol. The summed E-state index contributed by atoms with van der Waals surface area (Å²) in [5.74, 6) is 0.103. The minimum Gasteiger partial charge on any atom is -0.380 e. The lowest BCUT2D eigenvalue weighted by atomic mass is 9.85. The fourth-order valence-corrected chi connectivity index (χ4v) is 2.08. The van der Waals surface area contributed by atoms with E-state index in [0.717, 1.165) is 25.7 Å². The second kappa shape index (κ2) is 7.09. The summed E-state index contributed by atoms with van der Waals surface area (Å²) in [6.45, 7) is 2.96. The fourth-order valence-electron chi connectivity index (χ4n) is 2.08. The first-order chi connectivity index (χ1) is 7.14. The van der Waals surface area contributed by atoms with Gasteiger partial charge in [-0.3, -0.25) is 4.79 Å². The smallest absolute Gasteiger partial charge is 0.227 e. The molecule has 1 aliphatic carbocycles. The number of nitrogens with one attached hydrogen (secondary N) is 1. The van der Waals surface area contributed by atoms with Gasteiger partial charge in [-0.15, -0.1) is 12.4 Å². The molecule has 1 amide bonds. The maximum atomic E-state index is 12.0. The third-order valence-corrected chi connectivity index (χ3v) is 3.39. The van der Waals surface area contributed by atoms with E-state index in [4.69, 9.17) is 10.5 Å². The zero-order valence-corrected chi connectivity index (χ0v) is 10.9. The quantitative estimate of drug-likeness (QED) is 0.768. The summed E-state index contributed by atoms with van der Waals surface area (Å²) < 4.78 is 5.08. The molecule has 0 aliphatic heterocycles. The zero-order valence-electron chi connectivity index (χ0n) is 10.1. The number of nitrogens with two attached hydrogens (primary N) is 1. The van der Waals surface area contributed by atoms with Crippen molar-refractivity contribution in [1.82, 2.24) is 5.32 Å². The number of carbonyl (C=O) groups excluding carboxylic acids is 1. The summed E-state index contributed by atoms with van der Waals surface area (Å²) in [6.07, 6.45) is 4.15. The van der Waals surface area contributed by atoms with Crippen LogP contribution in [0, 0.1) is 5.41 Å². The number of halogens is 1. The molecule has 0 aromatic heterocycles. The van der Waals surface area contributed by atoms with Gasteiger partial charge in [0, 0.05) is 20.2 Å². The van der Waals surface area contributed by atoms with E-state index in [9.17, 15) is 4.79 Å². The Labute approximate surface area is 104 Å². The Hall–Kier alpha value is -0.320. The average molecular weight is 251 g/mol. The first-order valence-electron chi connectivity index (χ1n) is 5.66. The number of ether oxygens (including phenoxy) is 1. The molecule has 1 fully saturated rings. The summed E-state index contributed by atoms with van der Waals surface area (Å²) in [4.78, 5) is 12.0. The lowest BCUT2D eigenvalue weighted by molar-refractivity contribution is -0.130. The maximum Gasteiger partial charge on any atom is 0.227 e. The molecule has 5 heteroatoms. The van der Waals surface area contributed by atoms with Crippen molar-refractivity contribution in [3.8, 4) is 0 Å². The molecule has 0 aromatic carbocycles. The van der Waals surface area contributed by atoms with Gasteiger partial charge >= 0.3 is 0 Å². The molecule has 1 aliphatic rings. The van der Waals surface area contributed by atoms with Gasteiger partial charge < -0.3 is 15.8 Å². The van der Waals surface area contributed by atoms with Crippen molar-refractivity contribution < 1.29 is 9.53 Å². The van der Waals surface area contributed by atoms with Crippen molar-refractivity contribution in [2.45, 2.75) is 38.7 Å². The standard InChI is InChI=1S/C11H22N2O2.ClH/c1-9(15-2)7-13-10(14)11(8-12)5-3-4-6-11;/h9H,3-8,12H2,1-2H3,(H,13,14);1H. The molecule has 1 saturated carbocycles. The van der Waals surface area contributed by atoms with Crippen LogP contribution in [-0.4, -0.2) is 32.2 Å². The number of hydrogen-bond donors (Lipinski definition) is 2. The Morgan fingerprint density at radius 1 is 1.50 bits per heavy atom. The van der Waals surface area contributed by atoms with Gasteiger partial charge in [-0.2, -0.15) is 0 Å². The van der Waals surface area contributed by atoms with Crippen molar-refractivity contribution in [3.05, 3.63) is 0 Å². The van der Waals surface area contributed by atoms with Crippen LogP contribution in [0.25, 0.3) is 0 Å². The minimum absolute atomic E-state index is 0. The van der Waals surface area contributed by atoms with Crippen LogP contribution < -0.4 is 11.1 Å². The van der Waals surface area contributed by atoms with E-state index in [0.29, 0.717) is 13.1 Å². The van der Waals surface area contributed by atoms with Gasteiger partial charge in [0.2, 0.25) is 5.91 Å². The topological polar surface area (TPSA) is 64.3 Å². The van der Waals surface area contributed by atoms with Gasteiger partial charge in [0.25, 0.3) is 0 Å². The molecule has 3 N–H and O–H groups in total. The molecule has 4 nitrogen and oxygen atoms in total. The van der Waals surface area contributed by atoms with Gasteiger partial charge in [-0.25, -0.2) is 0 Å². The number of amides is 1. The van der Waals surface area contributed by atoms with Crippen LogP contribution in [0.15, 0.2) is 0 Å². The van der Waals surface area contributed by atoms with Gasteiger partial charge in [-0.05, 0) is 19.8 Å². The molecule has 0 radical (unpaired) electrons. The van der Waals surface area contributed by atoms with E-state index < -0.39 is 0 Å². The van der Waals surface area contributed by atoms with Gasteiger partial charge in [0.15, 0.2) is 0 Å². The fraction of sp³-hybridized carbons (Fsp3) is 0.909. The van der Waals surface area contributed by atoms with Crippen molar-refractivity contribution in [2.24, 2.45) is 11.1 Å². The van der Waals surface area contributed by atoms with Crippen LogP contribution >= 0.6 is 12.4 Å². The highest BCUT2D eigenvalue weighted by Crippen LogP contribution is 2.37. The van der Waals surface area contributed by atoms with Crippen molar-refractivity contribution in [2.75, 3.05) is 20.2 Å². The lowest BCUT2D eigenvalue weighted by Crippen LogP contribution is -2.46. The first-order valence-corrected chi connectivity index (χ1v) is 5.66. The molecule has 0 saturated heterocycles. The maximum absolute atomic E-state index is 12.0. The molecule has 0 spiro atoms. The number of rotatable bonds is 5. The van der Waals surface area contributed by atoms with Gasteiger partial charge in [0.05, 0.1) is 11.5 Å². The Bertz CT molecular complexity index is 218. The summed E-state index contributed by atoms with van der Waals surface area (Å²) in [5, 5.41) is 2.92. The highest BCUT2D eigenvalue weighted by Gasteiger charge is 2.39. The molecular formula is C11H23ClN2O2. The third kappa shape index (κ3) is 3.61. The minimum atomic E-state index is -0.298. The van der Waals surface area contributed by atoms with E-state index in [-0.39, 0.29) is 29.8 Å². The van der Waals surface area contributed by atoms with Crippen LogP contribution in [0.5, 0.6) is 0 Å². The summed E-state index contributed by atoms with van der Waals surface area (Å²) in [7, 11) is 1.64. The summed E-state index contributed by atoms with van der Waals surface area (Å²) in [6, 6.07) is 0. The lowest BCUT2D eigenvalue weighted by Gasteiger charge is -2.26. The van der Waals surface area contributed by atoms with Crippen molar-refractivity contribution >= 4 is 18.3 Å². The van der Waals surface area contributed by atoms with E-state index in [1.165, 1.54) is 0 Å². The monoisotopic (exact) mass is 250 g/mol. The number of methoxy groups -OCH3 is 1. The van der Waals surface area contributed by atoms with Crippen LogP contribution in [0.4, 0.5) is 0 Å². The largest absolute Gasteiger partial charge is 0.380 e. The van der Waals surface area contributed by atoms with Crippen molar-refractivity contribution in [3.63, 3.8) is 0 Å². The van der Waals surface area contributed by atoms with Crippen molar-refractivity contribution in [1.29, 1.82) is 0 Å². The third-order valence-electron chi connectivity index (χ3n) is 3.39. The Balaban J connectivity index is 0.00000225. The zero-order chi connectivity index (χ0) is 11.3. The van der Waals surface area contributed by atoms with E-state index in [1.54, 1.807) is 7.11 Å². The van der Waals surface area contributed by atoms with E-state index in [1.807, 2.05) is 6.92 Å². The summed E-state index contributed by atoms with van der Waals surface area (Å²) >= 11 is 0. The molecule has 0 bridgehead atoms. The first kappa shape index (κ1) is 15.7. The molecule has 16 heavy (non-hydrogen) atoms. The van der Waals surface area contributed by atoms with Crippen LogP contribution in [0.3, 0.4) is 0 Å². The van der Waals surface area contributed by atoms with E-state index in [2.05, 4.69) is 5.32 Å². The summed E-state index contributed by atoms with van der Waals surface area (Å²) in [5.41, 5.74) is 5.42. The number of carbonyl (C=O) groups is 1. The predicted molar refractivity (Wildman–Crippen MR) is 66.7 cm³/mol. The van der Waals surface area contributed by atoms with Crippen LogP contribution in [0.2, 0.25) is 0 Å². The Kier molecular flexibility index (Phi) is 6.95. The molecule has 96 valence electrons. The van der Waals surface area contributed by atoms with Gasteiger partial charge in [0.1, 0.15) is 0 Å².